The number of carbonyl (C=O) groups excluding carboxylic acids is 1. The van der Waals surface area contributed by atoms with E-state index in [0.717, 1.165) is 0 Å². The van der Waals surface area contributed by atoms with Crippen molar-refractivity contribution in [3.63, 3.8) is 0 Å². The zero-order chi connectivity index (χ0) is 12.1. The number of ether oxygens (including phenoxy) is 1. The predicted octanol–water partition coefficient (Wildman–Crippen LogP) is 3.84. The van der Waals surface area contributed by atoms with Crippen LogP contribution in [0.1, 0.15) is 23.0 Å². The number of carbonyl (C=O) groups is 1. The Balaban J connectivity index is 3.02. The fourth-order valence-electron chi connectivity index (χ4n) is 0.907. The normalized spacial score (nSPS) is 9.69. The van der Waals surface area contributed by atoms with E-state index in [9.17, 15) is 9.18 Å². The Morgan fingerprint density at radius 3 is 3.00 bits per heavy atom. The smallest absolute Gasteiger partial charge is 0.350 e. The molecule has 0 amide bonds. The number of nitrogens with zero attached hydrogens (tertiary/aromatic N) is 1. The molecule has 0 aliphatic heterocycles. The Hall–Kier alpha value is -0.810. The van der Waals surface area contributed by atoms with Crippen LogP contribution in [0.2, 0.25) is 5.02 Å². The molecule has 0 unspecified atom stereocenters. The lowest BCUT2D eigenvalue weighted by Gasteiger charge is -2.00. The Morgan fingerprint density at radius 2 is 2.44 bits per heavy atom. The molecular formula is C9H7ClFNO2S2. The zero-order valence-corrected chi connectivity index (χ0v) is 10.6. The summed E-state index contributed by atoms with van der Waals surface area (Å²) in [6.45, 7) is 2.12. The third-order valence-electron chi connectivity index (χ3n) is 1.57. The number of isothiocyanates is 1. The molecule has 0 fully saturated rings. The van der Waals surface area contributed by atoms with E-state index in [2.05, 4.69) is 17.2 Å². The van der Waals surface area contributed by atoms with Crippen molar-refractivity contribution in [2.24, 2.45) is 4.99 Å². The molecule has 0 bridgehead atoms. The van der Waals surface area contributed by atoms with Crippen molar-refractivity contribution in [1.29, 1.82) is 0 Å². The number of esters is 1. The van der Waals surface area contributed by atoms with Crippen LogP contribution in [-0.4, -0.2) is 17.7 Å². The second-order valence-corrected chi connectivity index (χ2v) is 4.24. The predicted molar refractivity (Wildman–Crippen MR) is 64.5 cm³/mol. The SMILES string of the molecule is CCCOC(=O)c1sc(F)c(N=C=S)c1Cl. The zero-order valence-electron chi connectivity index (χ0n) is 8.25. The largest absolute Gasteiger partial charge is 0.461 e. The van der Waals surface area contributed by atoms with Crippen molar-refractivity contribution in [2.75, 3.05) is 6.61 Å². The molecule has 0 saturated carbocycles. The molecule has 7 heteroatoms. The van der Waals surface area contributed by atoms with E-state index in [1.807, 2.05) is 12.1 Å². The third kappa shape index (κ3) is 2.86. The van der Waals surface area contributed by atoms with Crippen LogP contribution < -0.4 is 0 Å². The Kier molecular flexibility index (Phi) is 5.02. The highest BCUT2D eigenvalue weighted by Crippen LogP contribution is 2.38. The molecule has 1 rings (SSSR count). The highest BCUT2D eigenvalue weighted by atomic mass is 35.5. The number of hydrogen-bond acceptors (Lipinski definition) is 5. The number of aliphatic imine (C=N–C) groups is 1. The maximum atomic E-state index is 13.3. The summed E-state index contributed by atoms with van der Waals surface area (Å²) < 4.78 is 18.1. The molecule has 0 aliphatic carbocycles. The number of rotatable bonds is 4. The summed E-state index contributed by atoms with van der Waals surface area (Å²) in [6, 6.07) is 0. The first kappa shape index (κ1) is 13.3. The van der Waals surface area contributed by atoms with Gasteiger partial charge in [-0.15, -0.1) is 0 Å². The van der Waals surface area contributed by atoms with E-state index in [1.165, 1.54) is 0 Å². The van der Waals surface area contributed by atoms with E-state index >= 15 is 0 Å². The van der Waals surface area contributed by atoms with Crippen molar-refractivity contribution >= 4 is 52.0 Å². The Morgan fingerprint density at radius 1 is 1.75 bits per heavy atom. The fraction of sp³-hybridized carbons (Fsp3) is 0.333. The number of thiophene rings is 1. The standard InChI is InChI=1S/C9H7ClFNO2S2/c1-2-3-14-9(13)7-5(10)6(12-4-15)8(11)16-7/h2-3H2,1H3. The molecule has 16 heavy (non-hydrogen) atoms. The molecule has 1 aromatic heterocycles. The summed E-state index contributed by atoms with van der Waals surface area (Å²) in [5, 5.41) is 1.24. The first-order valence-corrected chi connectivity index (χ1v) is 5.94. The first-order valence-electron chi connectivity index (χ1n) is 4.34. The molecule has 3 nitrogen and oxygen atoms in total. The lowest BCUT2D eigenvalue weighted by molar-refractivity contribution is 0.0511. The molecule has 0 atom stereocenters. The van der Waals surface area contributed by atoms with Crippen molar-refractivity contribution in [2.45, 2.75) is 13.3 Å². The summed E-state index contributed by atoms with van der Waals surface area (Å²) in [5.74, 6) is -0.651. The van der Waals surface area contributed by atoms with Crippen molar-refractivity contribution in [3.05, 3.63) is 15.0 Å². The molecule has 0 aliphatic rings. The van der Waals surface area contributed by atoms with Gasteiger partial charge in [-0.2, -0.15) is 9.38 Å². The van der Waals surface area contributed by atoms with Gasteiger partial charge in [-0.3, -0.25) is 0 Å². The van der Waals surface area contributed by atoms with Crippen LogP contribution in [0.15, 0.2) is 4.99 Å². The third-order valence-corrected chi connectivity index (χ3v) is 3.08. The molecule has 0 aromatic carbocycles. The second kappa shape index (κ2) is 6.06. The minimum absolute atomic E-state index is 0.00313. The average Bonchev–Trinajstić information content (AvgIpc) is 2.54. The molecule has 86 valence electrons. The molecule has 1 aromatic rings. The number of thiocarbonyl (C=S) groups is 1. The van der Waals surface area contributed by atoms with E-state index in [-0.39, 0.29) is 22.2 Å². The highest BCUT2D eigenvalue weighted by molar-refractivity contribution is 7.78. The van der Waals surface area contributed by atoms with Gasteiger partial charge in [-0.25, -0.2) is 4.79 Å². The van der Waals surface area contributed by atoms with Crippen molar-refractivity contribution in [3.8, 4) is 0 Å². The maximum absolute atomic E-state index is 13.3. The summed E-state index contributed by atoms with van der Waals surface area (Å²) >= 11 is 10.7. The van der Waals surface area contributed by atoms with Crippen LogP contribution in [0.3, 0.4) is 0 Å². The number of hydrogen-bond donors (Lipinski definition) is 0. The lowest BCUT2D eigenvalue weighted by Crippen LogP contribution is -2.04. The van der Waals surface area contributed by atoms with Crippen LogP contribution >= 0.6 is 35.2 Å². The van der Waals surface area contributed by atoms with Gasteiger partial charge in [0, 0.05) is 0 Å². The first-order chi connectivity index (χ1) is 7.61. The van der Waals surface area contributed by atoms with E-state index in [4.69, 9.17) is 16.3 Å². The van der Waals surface area contributed by atoms with Gasteiger partial charge >= 0.3 is 5.97 Å². The Labute approximate surface area is 106 Å². The van der Waals surface area contributed by atoms with Gasteiger partial charge in [0.1, 0.15) is 10.6 Å². The van der Waals surface area contributed by atoms with Gasteiger partial charge in [-0.1, -0.05) is 29.9 Å². The van der Waals surface area contributed by atoms with Crippen LogP contribution in [0, 0.1) is 5.13 Å². The van der Waals surface area contributed by atoms with Gasteiger partial charge in [-0.05, 0) is 18.6 Å². The van der Waals surface area contributed by atoms with Crippen LogP contribution in [0.5, 0.6) is 0 Å². The van der Waals surface area contributed by atoms with E-state index in [1.54, 1.807) is 0 Å². The number of halogens is 2. The average molecular weight is 280 g/mol. The molecule has 0 saturated heterocycles. The summed E-state index contributed by atoms with van der Waals surface area (Å²) in [4.78, 5) is 14.9. The summed E-state index contributed by atoms with van der Waals surface area (Å²) in [5.41, 5.74) is -0.162. The van der Waals surface area contributed by atoms with Gasteiger partial charge in [0.05, 0.1) is 16.8 Å². The lowest BCUT2D eigenvalue weighted by atomic mass is 10.4. The van der Waals surface area contributed by atoms with Crippen molar-refractivity contribution < 1.29 is 13.9 Å². The monoisotopic (exact) mass is 279 g/mol. The molecule has 1 heterocycles. The molecular weight excluding hydrogens is 273 g/mol. The van der Waals surface area contributed by atoms with Crippen LogP contribution in [-0.2, 0) is 4.74 Å². The fourth-order valence-corrected chi connectivity index (χ4v) is 2.12. The van der Waals surface area contributed by atoms with E-state index in [0.29, 0.717) is 17.8 Å². The quantitative estimate of drug-likeness (QED) is 0.477. The molecule has 0 N–H and O–H groups in total. The highest BCUT2D eigenvalue weighted by Gasteiger charge is 2.22. The van der Waals surface area contributed by atoms with Gasteiger partial charge in [0.2, 0.25) is 5.13 Å². The van der Waals surface area contributed by atoms with E-state index < -0.39 is 11.1 Å². The maximum Gasteiger partial charge on any atom is 0.350 e. The molecule has 0 radical (unpaired) electrons. The van der Waals surface area contributed by atoms with Gasteiger partial charge < -0.3 is 4.74 Å². The van der Waals surface area contributed by atoms with Crippen molar-refractivity contribution in [1.82, 2.24) is 0 Å². The summed E-state index contributed by atoms with van der Waals surface area (Å²) in [7, 11) is 0. The minimum atomic E-state index is -0.675. The Bertz CT molecular complexity index is 455. The van der Waals surface area contributed by atoms with Crippen LogP contribution in [0.25, 0.3) is 0 Å². The topological polar surface area (TPSA) is 38.7 Å². The second-order valence-electron chi connectivity index (χ2n) is 2.71. The van der Waals surface area contributed by atoms with Crippen LogP contribution in [0.4, 0.5) is 10.1 Å². The minimum Gasteiger partial charge on any atom is -0.461 e. The summed E-state index contributed by atoms with van der Waals surface area (Å²) in [6.07, 6.45) is 0.683. The van der Waals surface area contributed by atoms with Gasteiger partial charge in [0.15, 0.2) is 0 Å². The molecule has 0 spiro atoms. The van der Waals surface area contributed by atoms with Gasteiger partial charge in [0.25, 0.3) is 0 Å².